The standard InChI is InChI=1S/C21H20ClFN2O2/c1-24(18-5-3-2-4-17(18)22)19(26)15-10-21(11-15)12-25(13-21)20(27)14-6-8-16(23)9-7-14/h2-9,15H,10-13H2,1H3. The number of hydrogen-bond acceptors (Lipinski definition) is 2. The highest BCUT2D eigenvalue weighted by Crippen LogP contribution is 2.52. The summed E-state index contributed by atoms with van der Waals surface area (Å²) >= 11 is 6.18. The zero-order valence-electron chi connectivity index (χ0n) is 15.0. The first-order valence-corrected chi connectivity index (χ1v) is 9.33. The van der Waals surface area contributed by atoms with Crippen molar-refractivity contribution < 1.29 is 14.0 Å². The number of anilines is 1. The summed E-state index contributed by atoms with van der Waals surface area (Å²) < 4.78 is 13.0. The third-order valence-electron chi connectivity index (χ3n) is 5.68. The number of rotatable bonds is 3. The van der Waals surface area contributed by atoms with E-state index in [1.165, 1.54) is 24.3 Å². The van der Waals surface area contributed by atoms with E-state index in [4.69, 9.17) is 11.6 Å². The van der Waals surface area contributed by atoms with Crippen LogP contribution in [0.2, 0.25) is 5.02 Å². The number of benzene rings is 2. The second-order valence-corrected chi connectivity index (χ2v) is 8.03. The molecule has 1 aliphatic heterocycles. The van der Waals surface area contributed by atoms with Crippen molar-refractivity contribution in [1.29, 1.82) is 0 Å². The Hall–Kier alpha value is -2.40. The highest BCUT2D eigenvalue weighted by atomic mass is 35.5. The Balaban J connectivity index is 1.32. The Morgan fingerprint density at radius 2 is 1.74 bits per heavy atom. The molecule has 4 rings (SSSR count). The molecule has 2 amide bonds. The van der Waals surface area contributed by atoms with Gasteiger partial charge in [-0.05, 0) is 49.2 Å². The van der Waals surface area contributed by atoms with Crippen LogP contribution in [0.5, 0.6) is 0 Å². The van der Waals surface area contributed by atoms with Crippen LogP contribution in [0.15, 0.2) is 48.5 Å². The van der Waals surface area contributed by atoms with Crippen molar-refractivity contribution in [2.45, 2.75) is 12.8 Å². The average Bonchev–Trinajstić information content (AvgIpc) is 2.59. The summed E-state index contributed by atoms with van der Waals surface area (Å²) in [5, 5.41) is 0.558. The molecule has 140 valence electrons. The van der Waals surface area contributed by atoms with Crippen LogP contribution in [-0.4, -0.2) is 36.9 Å². The monoisotopic (exact) mass is 386 g/mol. The van der Waals surface area contributed by atoms with Gasteiger partial charge in [0, 0.05) is 37.0 Å². The fourth-order valence-electron chi connectivity index (χ4n) is 4.22. The fourth-order valence-corrected chi connectivity index (χ4v) is 4.48. The lowest BCUT2D eigenvalue weighted by molar-refractivity contribution is -0.137. The van der Waals surface area contributed by atoms with Gasteiger partial charge in [0.05, 0.1) is 10.7 Å². The highest BCUT2D eigenvalue weighted by Gasteiger charge is 2.56. The van der Waals surface area contributed by atoms with Crippen LogP contribution in [0.4, 0.5) is 10.1 Å². The molecule has 2 aromatic carbocycles. The van der Waals surface area contributed by atoms with E-state index in [9.17, 15) is 14.0 Å². The Morgan fingerprint density at radius 1 is 1.11 bits per heavy atom. The zero-order chi connectivity index (χ0) is 19.2. The third-order valence-corrected chi connectivity index (χ3v) is 6.00. The van der Waals surface area contributed by atoms with Gasteiger partial charge < -0.3 is 9.80 Å². The topological polar surface area (TPSA) is 40.6 Å². The first-order valence-electron chi connectivity index (χ1n) is 8.95. The van der Waals surface area contributed by atoms with Crippen molar-refractivity contribution in [3.63, 3.8) is 0 Å². The number of carbonyl (C=O) groups excluding carboxylic acids is 2. The van der Waals surface area contributed by atoms with Crippen molar-refractivity contribution in [2.75, 3.05) is 25.0 Å². The number of para-hydroxylation sites is 1. The smallest absolute Gasteiger partial charge is 0.253 e. The lowest BCUT2D eigenvalue weighted by Crippen LogP contribution is -2.65. The van der Waals surface area contributed by atoms with E-state index in [1.807, 2.05) is 18.2 Å². The molecule has 0 radical (unpaired) electrons. The predicted octanol–water partition coefficient (Wildman–Crippen LogP) is 3.99. The maximum absolute atomic E-state index is 13.0. The van der Waals surface area contributed by atoms with Crippen molar-refractivity contribution in [3.8, 4) is 0 Å². The van der Waals surface area contributed by atoms with Crippen LogP contribution in [0, 0.1) is 17.2 Å². The predicted molar refractivity (Wildman–Crippen MR) is 102 cm³/mol. The molecule has 0 bridgehead atoms. The SMILES string of the molecule is CN(C(=O)C1CC2(C1)CN(C(=O)c1ccc(F)cc1)C2)c1ccccc1Cl. The summed E-state index contributed by atoms with van der Waals surface area (Å²) in [5.41, 5.74) is 1.26. The molecule has 27 heavy (non-hydrogen) atoms. The second-order valence-electron chi connectivity index (χ2n) is 7.62. The molecule has 0 aromatic heterocycles. The van der Waals surface area contributed by atoms with Crippen LogP contribution >= 0.6 is 11.6 Å². The molecule has 1 saturated carbocycles. The Kier molecular flexibility index (Phi) is 4.42. The lowest BCUT2D eigenvalue weighted by Gasteiger charge is -2.58. The van der Waals surface area contributed by atoms with Gasteiger partial charge in [-0.2, -0.15) is 0 Å². The summed E-state index contributed by atoms with van der Waals surface area (Å²) in [6, 6.07) is 12.9. The van der Waals surface area contributed by atoms with Crippen LogP contribution < -0.4 is 4.90 Å². The molecular formula is C21H20ClFN2O2. The molecule has 0 N–H and O–H groups in total. The number of nitrogens with zero attached hydrogens (tertiary/aromatic N) is 2. The summed E-state index contributed by atoms with van der Waals surface area (Å²) in [4.78, 5) is 28.5. The minimum absolute atomic E-state index is 0.0330. The summed E-state index contributed by atoms with van der Waals surface area (Å²) in [7, 11) is 1.75. The largest absolute Gasteiger partial charge is 0.337 e. The van der Waals surface area contributed by atoms with Crippen LogP contribution in [0.1, 0.15) is 23.2 Å². The Labute approximate surface area is 162 Å². The van der Waals surface area contributed by atoms with Crippen LogP contribution in [0.3, 0.4) is 0 Å². The molecule has 1 heterocycles. The summed E-state index contributed by atoms with van der Waals surface area (Å²) in [5.74, 6) is -0.399. The molecule has 0 unspecified atom stereocenters. The Morgan fingerprint density at radius 3 is 2.37 bits per heavy atom. The van der Waals surface area contributed by atoms with Gasteiger partial charge in [0.15, 0.2) is 0 Å². The summed E-state index contributed by atoms with van der Waals surface area (Å²) in [6.07, 6.45) is 1.57. The minimum Gasteiger partial charge on any atom is -0.337 e. The minimum atomic E-state index is -0.352. The highest BCUT2D eigenvalue weighted by molar-refractivity contribution is 6.33. The van der Waals surface area contributed by atoms with Gasteiger partial charge in [-0.3, -0.25) is 9.59 Å². The molecule has 2 aliphatic rings. The molecular weight excluding hydrogens is 367 g/mol. The maximum atomic E-state index is 13.0. The molecule has 4 nitrogen and oxygen atoms in total. The molecule has 1 aliphatic carbocycles. The molecule has 2 aromatic rings. The van der Waals surface area contributed by atoms with Gasteiger partial charge in [0.2, 0.25) is 5.91 Å². The van der Waals surface area contributed by atoms with Gasteiger partial charge in [-0.1, -0.05) is 23.7 Å². The quantitative estimate of drug-likeness (QED) is 0.800. The number of likely N-dealkylation sites (tertiary alicyclic amines) is 1. The molecule has 1 spiro atoms. The first kappa shape index (κ1) is 18.0. The second kappa shape index (κ2) is 6.64. The Bertz CT molecular complexity index is 885. The maximum Gasteiger partial charge on any atom is 0.253 e. The molecule has 6 heteroatoms. The van der Waals surface area contributed by atoms with Crippen LogP contribution in [-0.2, 0) is 4.79 Å². The van der Waals surface area contributed by atoms with Crippen molar-refractivity contribution >= 4 is 29.1 Å². The van der Waals surface area contributed by atoms with E-state index in [2.05, 4.69) is 0 Å². The van der Waals surface area contributed by atoms with Gasteiger partial charge >= 0.3 is 0 Å². The van der Waals surface area contributed by atoms with Crippen molar-refractivity contribution in [2.24, 2.45) is 11.3 Å². The van der Waals surface area contributed by atoms with E-state index in [0.29, 0.717) is 29.4 Å². The normalized spacial score (nSPS) is 18.0. The molecule has 0 atom stereocenters. The van der Waals surface area contributed by atoms with E-state index in [-0.39, 0.29) is 29.0 Å². The van der Waals surface area contributed by atoms with Gasteiger partial charge in [0.1, 0.15) is 5.82 Å². The van der Waals surface area contributed by atoms with Gasteiger partial charge in [-0.15, -0.1) is 0 Å². The van der Waals surface area contributed by atoms with E-state index in [1.54, 1.807) is 22.9 Å². The zero-order valence-corrected chi connectivity index (χ0v) is 15.7. The van der Waals surface area contributed by atoms with Crippen LogP contribution in [0.25, 0.3) is 0 Å². The van der Waals surface area contributed by atoms with E-state index in [0.717, 1.165) is 12.8 Å². The van der Waals surface area contributed by atoms with Crippen molar-refractivity contribution in [3.05, 3.63) is 64.9 Å². The third kappa shape index (κ3) is 3.21. The molecule has 2 fully saturated rings. The summed E-state index contributed by atoms with van der Waals surface area (Å²) in [6.45, 7) is 1.31. The number of halogens is 2. The van der Waals surface area contributed by atoms with Gasteiger partial charge in [-0.25, -0.2) is 4.39 Å². The number of amides is 2. The van der Waals surface area contributed by atoms with Crippen molar-refractivity contribution in [1.82, 2.24) is 4.90 Å². The number of hydrogen-bond donors (Lipinski definition) is 0. The average molecular weight is 387 g/mol. The van der Waals surface area contributed by atoms with E-state index < -0.39 is 0 Å². The molecule has 1 saturated heterocycles. The number of carbonyl (C=O) groups is 2. The van der Waals surface area contributed by atoms with E-state index >= 15 is 0 Å². The lowest BCUT2D eigenvalue weighted by atomic mass is 9.57. The van der Waals surface area contributed by atoms with Gasteiger partial charge in [0.25, 0.3) is 5.91 Å². The fraction of sp³-hybridized carbons (Fsp3) is 0.333. The first-order chi connectivity index (χ1) is 12.9.